The maximum absolute atomic E-state index is 12.9. The van der Waals surface area contributed by atoms with E-state index in [2.05, 4.69) is 20.9 Å². The third-order valence-electron chi connectivity index (χ3n) is 4.16. The number of carbonyl (C=O) groups excluding carboxylic acids is 2. The van der Waals surface area contributed by atoms with Crippen LogP contribution in [0.4, 0.5) is 10.6 Å². The number of hydrogen-bond acceptors (Lipinski definition) is 5. The van der Waals surface area contributed by atoms with Crippen LogP contribution in [0.15, 0.2) is 53.9 Å². The Morgan fingerprint density at radius 3 is 2.59 bits per heavy atom. The van der Waals surface area contributed by atoms with Gasteiger partial charge in [-0.3, -0.25) is 4.79 Å². The van der Waals surface area contributed by atoms with Crippen LogP contribution in [-0.4, -0.2) is 31.1 Å². The van der Waals surface area contributed by atoms with E-state index in [4.69, 9.17) is 9.47 Å². The molecule has 0 aliphatic carbocycles. The molecule has 3 amide bonds. The molecular formula is C19H20N4O4. The number of pyridine rings is 1. The highest BCUT2D eigenvalue weighted by atomic mass is 16.5. The number of ether oxygens (including phenoxy) is 2. The second kappa shape index (κ2) is 7.77. The maximum atomic E-state index is 12.9. The minimum Gasteiger partial charge on any atom is -0.493 e. The zero-order valence-electron chi connectivity index (χ0n) is 15.2. The second-order valence-electron chi connectivity index (χ2n) is 5.85. The molecule has 140 valence electrons. The molecule has 3 N–H and O–H groups in total. The van der Waals surface area contributed by atoms with E-state index < -0.39 is 6.04 Å². The van der Waals surface area contributed by atoms with E-state index in [0.717, 1.165) is 0 Å². The van der Waals surface area contributed by atoms with E-state index in [1.807, 2.05) is 0 Å². The molecule has 1 aromatic heterocycles. The second-order valence-corrected chi connectivity index (χ2v) is 5.85. The normalized spacial score (nSPS) is 16.3. The van der Waals surface area contributed by atoms with E-state index in [9.17, 15) is 9.59 Å². The van der Waals surface area contributed by atoms with Gasteiger partial charge in [-0.1, -0.05) is 12.1 Å². The third-order valence-corrected chi connectivity index (χ3v) is 4.16. The topological polar surface area (TPSA) is 102 Å². The number of anilines is 1. The molecule has 1 atom stereocenters. The predicted molar refractivity (Wildman–Crippen MR) is 99.5 cm³/mol. The number of urea groups is 1. The summed E-state index contributed by atoms with van der Waals surface area (Å²) in [6, 6.07) is 9.42. The van der Waals surface area contributed by atoms with E-state index in [-0.39, 0.29) is 11.9 Å². The first-order valence-electron chi connectivity index (χ1n) is 8.26. The highest BCUT2D eigenvalue weighted by molar-refractivity contribution is 6.06. The summed E-state index contributed by atoms with van der Waals surface area (Å²) in [6.07, 6.45) is 1.59. The first-order chi connectivity index (χ1) is 13.0. The Bertz CT molecular complexity index is 896. The number of amides is 3. The van der Waals surface area contributed by atoms with Gasteiger partial charge in [0.15, 0.2) is 11.5 Å². The zero-order chi connectivity index (χ0) is 19.4. The van der Waals surface area contributed by atoms with Gasteiger partial charge in [-0.05, 0) is 36.8 Å². The van der Waals surface area contributed by atoms with Gasteiger partial charge >= 0.3 is 6.03 Å². The van der Waals surface area contributed by atoms with Crippen LogP contribution >= 0.6 is 0 Å². The molecule has 1 aliphatic rings. The summed E-state index contributed by atoms with van der Waals surface area (Å²) in [7, 11) is 3.07. The Balaban J connectivity index is 1.98. The van der Waals surface area contributed by atoms with Crippen LogP contribution in [0, 0.1) is 0 Å². The Morgan fingerprint density at radius 1 is 1.15 bits per heavy atom. The number of allylic oxidation sites excluding steroid dienone is 1. The molecular weight excluding hydrogens is 348 g/mol. The van der Waals surface area contributed by atoms with E-state index in [1.54, 1.807) is 56.6 Å². The molecule has 1 unspecified atom stereocenters. The maximum Gasteiger partial charge on any atom is 0.319 e. The smallest absolute Gasteiger partial charge is 0.319 e. The SMILES string of the molecule is COc1ccc(C2NC(=O)NC(C)=C2C(=O)Nc2ccccn2)cc1OC. The number of hydrogen-bond donors (Lipinski definition) is 3. The molecule has 0 bridgehead atoms. The van der Waals surface area contributed by atoms with Crippen molar-refractivity contribution in [2.45, 2.75) is 13.0 Å². The van der Waals surface area contributed by atoms with Gasteiger partial charge in [0, 0.05) is 11.9 Å². The third kappa shape index (κ3) is 3.84. The van der Waals surface area contributed by atoms with Crippen molar-refractivity contribution in [2.24, 2.45) is 0 Å². The van der Waals surface area contributed by atoms with Crippen molar-refractivity contribution < 1.29 is 19.1 Å². The highest BCUT2D eigenvalue weighted by Gasteiger charge is 2.31. The number of aromatic nitrogens is 1. The standard InChI is InChI=1S/C19H20N4O4/c1-11-16(18(24)22-15-6-4-5-9-20-15)17(23-19(25)21-11)12-7-8-13(26-2)14(10-12)27-3/h4-10,17H,1-3H3,(H,20,22,24)(H2,21,23,25). The first kappa shape index (κ1) is 18.2. The van der Waals surface area contributed by atoms with Crippen LogP contribution in [-0.2, 0) is 4.79 Å². The fourth-order valence-corrected chi connectivity index (χ4v) is 2.90. The van der Waals surface area contributed by atoms with E-state index in [0.29, 0.717) is 34.2 Å². The van der Waals surface area contributed by atoms with Gasteiger partial charge in [-0.25, -0.2) is 9.78 Å². The van der Waals surface area contributed by atoms with Gasteiger partial charge in [0.2, 0.25) is 0 Å². The van der Waals surface area contributed by atoms with Crippen molar-refractivity contribution in [1.29, 1.82) is 0 Å². The summed E-state index contributed by atoms with van der Waals surface area (Å²) in [4.78, 5) is 29.0. The van der Waals surface area contributed by atoms with Crippen molar-refractivity contribution in [3.8, 4) is 11.5 Å². The van der Waals surface area contributed by atoms with Crippen molar-refractivity contribution in [3.63, 3.8) is 0 Å². The molecule has 2 aromatic rings. The van der Waals surface area contributed by atoms with Gasteiger partial charge < -0.3 is 25.4 Å². The van der Waals surface area contributed by atoms with Crippen molar-refractivity contribution in [1.82, 2.24) is 15.6 Å². The lowest BCUT2D eigenvalue weighted by Gasteiger charge is -2.29. The molecule has 0 saturated heterocycles. The number of methoxy groups -OCH3 is 2. The lowest BCUT2D eigenvalue weighted by atomic mass is 9.94. The van der Waals surface area contributed by atoms with Gasteiger partial charge in [-0.2, -0.15) is 0 Å². The Morgan fingerprint density at radius 2 is 1.93 bits per heavy atom. The summed E-state index contributed by atoms with van der Waals surface area (Å²) in [6.45, 7) is 1.68. The molecule has 0 fully saturated rings. The highest BCUT2D eigenvalue weighted by Crippen LogP contribution is 2.34. The number of rotatable bonds is 5. The molecule has 0 radical (unpaired) electrons. The predicted octanol–water partition coefficient (Wildman–Crippen LogP) is 2.37. The average molecular weight is 368 g/mol. The summed E-state index contributed by atoms with van der Waals surface area (Å²) >= 11 is 0. The number of carbonyl (C=O) groups is 2. The molecule has 1 aromatic carbocycles. The summed E-state index contributed by atoms with van der Waals surface area (Å²) in [5, 5.41) is 8.18. The number of nitrogens with zero attached hydrogens (tertiary/aromatic N) is 1. The molecule has 8 heteroatoms. The van der Waals surface area contributed by atoms with Crippen molar-refractivity contribution in [3.05, 3.63) is 59.4 Å². The summed E-state index contributed by atoms with van der Waals surface area (Å²) < 4.78 is 10.6. The molecule has 8 nitrogen and oxygen atoms in total. The van der Waals surface area contributed by atoms with Crippen LogP contribution in [0.1, 0.15) is 18.5 Å². The first-order valence-corrected chi connectivity index (χ1v) is 8.26. The van der Waals surface area contributed by atoms with Crippen LogP contribution in [0.25, 0.3) is 0 Å². The van der Waals surface area contributed by atoms with Crippen LogP contribution < -0.4 is 25.4 Å². The quantitative estimate of drug-likeness (QED) is 0.752. The molecule has 0 saturated carbocycles. The van der Waals surface area contributed by atoms with Crippen LogP contribution in [0.5, 0.6) is 11.5 Å². The zero-order valence-corrected chi connectivity index (χ0v) is 15.2. The van der Waals surface area contributed by atoms with Crippen molar-refractivity contribution >= 4 is 17.8 Å². The average Bonchev–Trinajstić information content (AvgIpc) is 2.67. The molecule has 3 rings (SSSR count). The fraction of sp³-hybridized carbons (Fsp3) is 0.211. The van der Waals surface area contributed by atoms with Crippen LogP contribution in [0.3, 0.4) is 0 Å². The Hall–Kier alpha value is -3.55. The summed E-state index contributed by atoms with van der Waals surface area (Å²) in [5.74, 6) is 1.12. The van der Waals surface area contributed by atoms with Gasteiger partial charge in [-0.15, -0.1) is 0 Å². The van der Waals surface area contributed by atoms with Gasteiger partial charge in [0.1, 0.15) is 5.82 Å². The summed E-state index contributed by atoms with van der Waals surface area (Å²) in [5.41, 5.74) is 1.53. The monoisotopic (exact) mass is 368 g/mol. The Kier molecular flexibility index (Phi) is 5.25. The fourth-order valence-electron chi connectivity index (χ4n) is 2.90. The lowest BCUT2D eigenvalue weighted by Crippen LogP contribution is -2.46. The van der Waals surface area contributed by atoms with Crippen LogP contribution in [0.2, 0.25) is 0 Å². The van der Waals surface area contributed by atoms with E-state index in [1.165, 1.54) is 7.11 Å². The number of nitrogens with one attached hydrogen (secondary N) is 3. The van der Waals surface area contributed by atoms with Gasteiger partial charge in [0.05, 0.1) is 25.8 Å². The van der Waals surface area contributed by atoms with E-state index >= 15 is 0 Å². The number of benzene rings is 1. The molecule has 1 aliphatic heterocycles. The van der Waals surface area contributed by atoms with Crippen molar-refractivity contribution in [2.75, 3.05) is 19.5 Å². The largest absolute Gasteiger partial charge is 0.493 e. The molecule has 2 heterocycles. The minimum absolute atomic E-state index is 0.363. The minimum atomic E-state index is -0.651. The lowest BCUT2D eigenvalue weighted by molar-refractivity contribution is -0.113. The molecule has 27 heavy (non-hydrogen) atoms. The van der Waals surface area contributed by atoms with Gasteiger partial charge in [0.25, 0.3) is 5.91 Å². The molecule has 0 spiro atoms. The Labute approximate surface area is 156 Å².